The second-order valence-electron chi connectivity index (χ2n) is 2.49. The van der Waals surface area contributed by atoms with Crippen LogP contribution in [0.5, 0.6) is 0 Å². The van der Waals surface area contributed by atoms with E-state index in [1.807, 2.05) is 0 Å². The van der Waals surface area contributed by atoms with E-state index in [1.54, 1.807) is 12.1 Å². The van der Waals surface area contributed by atoms with E-state index in [1.165, 1.54) is 6.20 Å². The Hall–Kier alpha value is -1.33. The number of hydrogen-bond donors (Lipinski definition) is 0. The molecule has 66 valence electrons. The Morgan fingerprint density at radius 2 is 2.38 bits per heavy atom. The number of halogens is 1. The fourth-order valence-corrected chi connectivity index (χ4v) is 0.966. The molecular formula is C10H8ClNO. The molecule has 0 saturated heterocycles. The van der Waals surface area contributed by atoms with E-state index in [-0.39, 0.29) is 5.78 Å². The second-order valence-corrected chi connectivity index (χ2v) is 2.93. The van der Waals surface area contributed by atoms with Crippen LogP contribution in [0.25, 0.3) is 0 Å². The smallest absolute Gasteiger partial charge is 0.182 e. The van der Waals surface area contributed by atoms with Crippen LogP contribution in [0.4, 0.5) is 0 Å². The molecule has 0 radical (unpaired) electrons. The van der Waals surface area contributed by atoms with Gasteiger partial charge in [-0.05, 0) is 12.1 Å². The summed E-state index contributed by atoms with van der Waals surface area (Å²) in [6.45, 7) is 0. The summed E-state index contributed by atoms with van der Waals surface area (Å²) < 4.78 is 0. The maximum atomic E-state index is 11.3. The molecule has 0 atom stereocenters. The normalized spacial score (nSPS) is 9.23. The van der Waals surface area contributed by atoms with Crippen LogP contribution >= 0.6 is 11.6 Å². The fraction of sp³-hybridized carbons (Fsp3) is 0.200. The lowest BCUT2D eigenvalue weighted by Gasteiger charge is -1.96. The molecule has 1 aromatic heterocycles. The average Bonchev–Trinajstić information content (AvgIpc) is 2.15. The molecule has 0 aliphatic rings. The molecule has 0 aliphatic heterocycles. The van der Waals surface area contributed by atoms with Gasteiger partial charge in [0.1, 0.15) is 5.69 Å². The quantitative estimate of drug-likeness (QED) is 0.545. The summed E-state index contributed by atoms with van der Waals surface area (Å²) in [6.07, 6.45) is 7.27. The molecule has 13 heavy (non-hydrogen) atoms. The van der Waals surface area contributed by atoms with Crippen LogP contribution in [0.15, 0.2) is 18.3 Å². The number of hydrogen-bond acceptors (Lipinski definition) is 2. The van der Waals surface area contributed by atoms with Crippen LogP contribution < -0.4 is 0 Å². The van der Waals surface area contributed by atoms with Crippen molar-refractivity contribution in [2.75, 3.05) is 0 Å². The van der Waals surface area contributed by atoms with Gasteiger partial charge < -0.3 is 0 Å². The maximum Gasteiger partial charge on any atom is 0.182 e. The van der Waals surface area contributed by atoms with Crippen molar-refractivity contribution in [3.63, 3.8) is 0 Å². The van der Waals surface area contributed by atoms with Gasteiger partial charge in [-0.1, -0.05) is 11.6 Å². The zero-order valence-corrected chi connectivity index (χ0v) is 7.71. The monoisotopic (exact) mass is 193 g/mol. The van der Waals surface area contributed by atoms with Crippen LogP contribution in [0.3, 0.4) is 0 Å². The lowest BCUT2D eigenvalue weighted by atomic mass is 10.1. The molecule has 0 N–H and O–H groups in total. The minimum atomic E-state index is -0.0467. The number of nitrogens with zero attached hydrogens (tertiary/aromatic N) is 1. The van der Waals surface area contributed by atoms with E-state index in [4.69, 9.17) is 18.0 Å². The summed E-state index contributed by atoms with van der Waals surface area (Å²) >= 11 is 5.61. The third kappa shape index (κ3) is 2.89. The summed E-state index contributed by atoms with van der Waals surface area (Å²) in [6, 6.07) is 3.23. The lowest BCUT2D eigenvalue weighted by Crippen LogP contribution is -2.00. The van der Waals surface area contributed by atoms with E-state index < -0.39 is 0 Å². The van der Waals surface area contributed by atoms with Crippen LogP contribution in [0.1, 0.15) is 23.3 Å². The summed E-state index contributed by atoms with van der Waals surface area (Å²) in [5, 5.41) is 0.522. The van der Waals surface area contributed by atoms with Gasteiger partial charge in [0.15, 0.2) is 5.78 Å². The number of terminal acetylenes is 1. The fourth-order valence-electron chi connectivity index (χ4n) is 0.855. The molecular weight excluding hydrogens is 186 g/mol. The second kappa shape index (κ2) is 4.64. The van der Waals surface area contributed by atoms with E-state index in [0.717, 1.165) is 0 Å². The first-order valence-electron chi connectivity index (χ1n) is 3.82. The topological polar surface area (TPSA) is 30.0 Å². The predicted molar refractivity (Wildman–Crippen MR) is 51.6 cm³/mol. The van der Waals surface area contributed by atoms with Gasteiger partial charge in [0, 0.05) is 19.0 Å². The Morgan fingerprint density at radius 1 is 1.62 bits per heavy atom. The molecule has 2 nitrogen and oxygen atoms in total. The zero-order chi connectivity index (χ0) is 9.68. The van der Waals surface area contributed by atoms with Crippen molar-refractivity contribution in [2.45, 2.75) is 12.8 Å². The Kier molecular flexibility index (Phi) is 3.48. The molecule has 0 unspecified atom stereocenters. The number of aromatic nitrogens is 1. The number of rotatable bonds is 3. The Balaban J connectivity index is 2.68. The molecule has 0 bridgehead atoms. The lowest BCUT2D eigenvalue weighted by molar-refractivity contribution is 0.0979. The molecule has 0 amide bonds. The van der Waals surface area contributed by atoms with Gasteiger partial charge in [0.2, 0.25) is 0 Å². The van der Waals surface area contributed by atoms with Crippen molar-refractivity contribution in [3.05, 3.63) is 29.0 Å². The average molecular weight is 194 g/mol. The third-order valence-electron chi connectivity index (χ3n) is 1.51. The minimum absolute atomic E-state index is 0.0467. The Labute approximate surface area is 81.9 Å². The van der Waals surface area contributed by atoms with Gasteiger partial charge in [-0.2, -0.15) is 0 Å². The van der Waals surface area contributed by atoms with Gasteiger partial charge in [-0.25, -0.2) is 0 Å². The van der Waals surface area contributed by atoms with Crippen LogP contribution in [-0.4, -0.2) is 10.8 Å². The molecule has 0 saturated carbocycles. The summed E-state index contributed by atoms with van der Waals surface area (Å²) in [5.41, 5.74) is 0.416. The number of ketones is 1. The summed E-state index contributed by atoms with van der Waals surface area (Å²) in [5.74, 6) is 2.36. The van der Waals surface area contributed by atoms with E-state index in [0.29, 0.717) is 23.6 Å². The Morgan fingerprint density at radius 3 is 2.92 bits per heavy atom. The summed E-state index contributed by atoms with van der Waals surface area (Å²) in [4.78, 5) is 15.2. The van der Waals surface area contributed by atoms with Crippen molar-refractivity contribution in [2.24, 2.45) is 0 Å². The molecule has 0 aliphatic carbocycles. The number of pyridine rings is 1. The largest absolute Gasteiger partial charge is 0.292 e. The molecule has 0 spiro atoms. The first kappa shape index (κ1) is 9.76. The number of carbonyl (C=O) groups is 1. The maximum absolute atomic E-state index is 11.3. The van der Waals surface area contributed by atoms with Gasteiger partial charge in [0.05, 0.1) is 5.02 Å². The van der Waals surface area contributed by atoms with Crippen molar-refractivity contribution >= 4 is 17.4 Å². The molecule has 1 aromatic rings. The first-order chi connectivity index (χ1) is 6.24. The molecule has 1 rings (SSSR count). The van der Waals surface area contributed by atoms with E-state index in [2.05, 4.69) is 10.9 Å². The Bertz CT molecular complexity index is 337. The van der Waals surface area contributed by atoms with Crippen LogP contribution in [0.2, 0.25) is 5.02 Å². The zero-order valence-electron chi connectivity index (χ0n) is 6.96. The van der Waals surface area contributed by atoms with Gasteiger partial charge >= 0.3 is 0 Å². The van der Waals surface area contributed by atoms with Crippen molar-refractivity contribution < 1.29 is 4.79 Å². The van der Waals surface area contributed by atoms with E-state index >= 15 is 0 Å². The highest BCUT2D eigenvalue weighted by atomic mass is 35.5. The predicted octanol–water partition coefficient (Wildman–Crippen LogP) is 2.33. The van der Waals surface area contributed by atoms with Gasteiger partial charge in [0.25, 0.3) is 0 Å². The first-order valence-corrected chi connectivity index (χ1v) is 4.20. The highest BCUT2D eigenvalue weighted by Gasteiger charge is 2.05. The SMILES string of the molecule is C#CCCC(=O)c1ccc(Cl)cn1. The highest BCUT2D eigenvalue weighted by molar-refractivity contribution is 6.30. The number of carbonyl (C=O) groups excluding carboxylic acids is 1. The number of Topliss-reactive ketones (excluding diaryl/α,β-unsaturated/α-hetero) is 1. The van der Waals surface area contributed by atoms with Crippen molar-refractivity contribution in [3.8, 4) is 12.3 Å². The van der Waals surface area contributed by atoms with Gasteiger partial charge in [-0.15, -0.1) is 12.3 Å². The molecule has 0 aromatic carbocycles. The third-order valence-corrected chi connectivity index (χ3v) is 1.73. The molecule has 1 heterocycles. The van der Waals surface area contributed by atoms with Crippen LogP contribution in [0, 0.1) is 12.3 Å². The highest BCUT2D eigenvalue weighted by Crippen LogP contribution is 2.08. The van der Waals surface area contributed by atoms with Crippen molar-refractivity contribution in [1.29, 1.82) is 0 Å². The van der Waals surface area contributed by atoms with Crippen LogP contribution in [-0.2, 0) is 0 Å². The molecule has 0 fully saturated rings. The summed E-state index contributed by atoms with van der Waals surface area (Å²) in [7, 11) is 0. The standard InChI is InChI=1S/C10H8ClNO/c1-2-3-4-10(13)9-6-5-8(11)7-12-9/h1,5-7H,3-4H2. The van der Waals surface area contributed by atoms with Gasteiger partial charge in [-0.3, -0.25) is 9.78 Å². The minimum Gasteiger partial charge on any atom is -0.292 e. The van der Waals surface area contributed by atoms with Crippen molar-refractivity contribution in [1.82, 2.24) is 4.98 Å². The molecule has 3 heteroatoms. The van der Waals surface area contributed by atoms with E-state index in [9.17, 15) is 4.79 Å².